The third kappa shape index (κ3) is 6.59. The molecule has 2 aromatic rings. The highest BCUT2D eigenvalue weighted by Gasteiger charge is 2.30. The number of hydrogen-bond donors (Lipinski definition) is 2. The van der Waals surface area contributed by atoms with E-state index in [1.54, 1.807) is 18.2 Å². The summed E-state index contributed by atoms with van der Waals surface area (Å²) in [6.07, 6.45) is -3.32. The van der Waals surface area contributed by atoms with Crippen molar-refractivity contribution in [2.75, 3.05) is 30.3 Å². The smallest absolute Gasteiger partial charge is 0.326 e. The van der Waals surface area contributed by atoms with Crippen LogP contribution in [0, 0.1) is 5.92 Å². The molecule has 1 saturated heterocycles. The van der Waals surface area contributed by atoms with Crippen molar-refractivity contribution in [3.8, 4) is 0 Å². The van der Waals surface area contributed by atoms with Crippen LogP contribution >= 0.6 is 23.2 Å². The van der Waals surface area contributed by atoms with Gasteiger partial charge in [-0.25, -0.2) is 0 Å². The molecule has 166 valence electrons. The van der Waals surface area contributed by atoms with Gasteiger partial charge < -0.3 is 10.6 Å². The molecule has 5 nitrogen and oxygen atoms in total. The average Bonchev–Trinajstić information content (AvgIpc) is 2.71. The molecule has 0 aromatic heterocycles. The Morgan fingerprint density at radius 3 is 2.13 bits per heavy atom. The first-order chi connectivity index (χ1) is 14.6. The van der Waals surface area contributed by atoms with Gasteiger partial charge in [-0.1, -0.05) is 23.2 Å². The fraction of sp³-hybridized carbons (Fsp3) is 0.333. The molecular weight excluding hydrogens is 454 g/mol. The Morgan fingerprint density at radius 2 is 1.55 bits per heavy atom. The number of anilines is 2. The van der Waals surface area contributed by atoms with Gasteiger partial charge in [0.25, 0.3) is 0 Å². The lowest BCUT2D eigenvalue weighted by molar-refractivity contribution is -0.137. The fourth-order valence-electron chi connectivity index (χ4n) is 3.32. The highest BCUT2D eigenvalue weighted by Crippen LogP contribution is 2.30. The number of nitrogens with zero attached hydrogens (tertiary/aromatic N) is 1. The zero-order valence-corrected chi connectivity index (χ0v) is 17.8. The van der Waals surface area contributed by atoms with Crippen LogP contribution in [-0.2, 0) is 15.8 Å². The number of halogens is 5. The first-order valence-corrected chi connectivity index (χ1v) is 10.3. The highest BCUT2D eigenvalue weighted by molar-refractivity contribution is 6.42. The number of benzene rings is 2. The zero-order valence-electron chi connectivity index (χ0n) is 16.3. The van der Waals surface area contributed by atoms with E-state index < -0.39 is 11.7 Å². The van der Waals surface area contributed by atoms with E-state index in [1.807, 2.05) is 4.90 Å². The van der Waals surface area contributed by atoms with E-state index in [9.17, 15) is 22.8 Å². The topological polar surface area (TPSA) is 61.4 Å². The molecule has 0 aliphatic carbocycles. The summed E-state index contributed by atoms with van der Waals surface area (Å²) in [4.78, 5) is 26.6. The molecule has 2 aromatic carbocycles. The second-order valence-electron chi connectivity index (χ2n) is 7.29. The van der Waals surface area contributed by atoms with Crippen molar-refractivity contribution < 1.29 is 22.8 Å². The lowest BCUT2D eigenvalue weighted by Crippen LogP contribution is -2.41. The molecule has 0 unspecified atom stereocenters. The van der Waals surface area contributed by atoms with E-state index in [2.05, 4.69) is 10.6 Å². The van der Waals surface area contributed by atoms with Crippen LogP contribution in [0.5, 0.6) is 0 Å². The molecule has 1 fully saturated rings. The molecule has 1 aliphatic rings. The van der Waals surface area contributed by atoms with Crippen molar-refractivity contribution >= 4 is 46.4 Å². The van der Waals surface area contributed by atoms with Crippen LogP contribution in [0.25, 0.3) is 0 Å². The largest absolute Gasteiger partial charge is 0.416 e. The number of rotatable bonds is 5. The molecule has 1 aliphatic heterocycles. The summed E-state index contributed by atoms with van der Waals surface area (Å²) in [5.41, 5.74) is 0.101. The first kappa shape index (κ1) is 23.4. The molecule has 0 atom stereocenters. The first-order valence-electron chi connectivity index (χ1n) is 9.57. The van der Waals surface area contributed by atoms with Gasteiger partial charge in [-0.3, -0.25) is 14.5 Å². The number of alkyl halides is 3. The third-order valence-electron chi connectivity index (χ3n) is 5.01. The van der Waals surface area contributed by atoms with E-state index in [0.717, 1.165) is 12.1 Å². The Hall–Kier alpha value is -2.29. The summed E-state index contributed by atoms with van der Waals surface area (Å²) in [5.74, 6) is -0.706. The van der Waals surface area contributed by atoms with Crippen LogP contribution in [-0.4, -0.2) is 36.3 Å². The van der Waals surface area contributed by atoms with Gasteiger partial charge in [-0.2, -0.15) is 13.2 Å². The Balaban J connectivity index is 1.44. The molecule has 0 spiro atoms. The molecule has 31 heavy (non-hydrogen) atoms. The molecule has 0 bridgehead atoms. The number of amides is 2. The highest BCUT2D eigenvalue weighted by atomic mass is 35.5. The molecule has 10 heteroatoms. The lowest BCUT2D eigenvalue weighted by Gasteiger charge is -2.30. The van der Waals surface area contributed by atoms with Crippen molar-refractivity contribution in [1.82, 2.24) is 4.90 Å². The summed E-state index contributed by atoms with van der Waals surface area (Å²) >= 11 is 11.8. The predicted molar refractivity (Wildman–Crippen MR) is 114 cm³/mol. The minimum atomic E-state index is -4.42. The van der Waals surface area contributed by atoms with Gasteiger partial charge in [0, 0.05) is 17.3 Å². The van der Waals surface area contributed by atoms with Crippen LogP contribution in [0.3, 0.4) is 0 Å². The van der Waals surface area contributed by atoms with E-state index in [0.29, 0.717) is 47.4 Å². The number of carbonyl (C=O) groups excluding carboxylic acids is 2. The third-order valence-corrected chi connectivity index (χ3v) is 5.75. The Kier molecular flexibility index (Phi) is 7.46. The molecular formula is C21H20Cl2F3N3O2. The van der Waals surface area contributed by atoms with Crippen molar-refractivity contribution in [2.45, 2.75) is 19.0 Å². The predicted octanol–water partition coefficient (Wildman–Crippen LogP) is 5.30. The van der Waals surface area contributed by atoms with Crippen molar-refractivity contribution in [3.63, 3.8) is 0 Å². The van der Waals surface area contributed by atoms with Crippen LogP contribution in [0.15, 0.2) is 42.5 Å². The van der Waals surface area contributed by atoms with Gasteiger partial charge in [0.15, 0.2) is 0 Å². The maximum atomic E-state index is 12.6. The minimum Gasteiger partial charge on any atom is -0.326 e. The second-order valence-corrected chi connectivity index (χ2v) is 8.11. The van der Waals surface area contributed by atoms with E-state index in [1.165, 1.54) is 12.1 Å². The van der Waals surface area contributed by atoms with Crippen molar-refractivity contribution in [2.24, 2.45) is 5.92 Å². The van der Waals surface area contributed by atoms with Gasteiger partial charge in [0.2, 0.25) is 11.8 Å². The molecule has 0 radical (unpaired) electrons. The standard InChI is InChI=1S/C21H20Cl2F3N3O2/c22-17-6-5-16(11-18(17)23)27-19(30)12-29-9-7-13(8-10-29)20(31)28-15-3-1-14(2-4-15)21(24,25)26/h1-6,11,13H,7-10,12H2,(H,27,30)(H,28,31). The van der Waals surface area contributed by atoms with Crippen molar-refractivity contribution in [1.29, 1.82) is 0 Å². The van der Waals surface area contributed by atoms with E-state index in [-0.39, 0.29) is 24.3 Å². The molecule has 1 heterocycles. The summed E-state index contributed by atoms with van der Waals surface area (Å²) in [5, 5.41) is 6.16. The number of carbonyl (C=O) groups is 2. The number of nitrogens with one attached hydrogen (secondary N) is 2. The number of likely N-dealkylation sites (tertiary alicyclic amines) is 1. The van der Waals surface area contributed by atoms with Gasteiger partial charge in [0.05, 0.1) is 22.2 Å². The molecule has 2 N–H and O–H groups in total. The normalized spacial score (nSPS) is 15.5. The number of hydrogen-bond acceptors (Lipinski definition) is 3. The van der Waals surface area contributed by atoms with Gasteiger partial charge in [-0.15, -0.1) is 0 Å². The summed E-state index contributed by atoms with van der Waals surface area (Å²) in [6.45, 7) is 1.28. The lowest BCUT2D eigenvalue weighted by atomic mass is 9.95. The molecule has 2 amide bonds. The molecule has 0 saturated carbocycles. The van der Waals surface area contributed by atoms with Gasteiger partial charge >= 0.3 is 6.18 Å². The minimum absolute atomic E-state index is 0.174. The van der Waals surface area contributed by atoms with Crippen LogP contribution in [0.1, 0.15) is 18.4 Å². The van der Waals surface area contributed by atoms with Gasteiger partial charge in [0.1, 0.15) is 0 Å². The Labute approximate surface area is 187 Å². The van der Waals surface area contributed by atoms with E-state index >= 15 is 0 Å². The Morgan fingerprint density at radius 1 is 0.935 bits per heavy atom. The summed E-state index contributed by atoms with van der Waals surface area (Å²) in [7, 11) is 0. The Bertz CT molecular complexity index is 944. The van der Waals surface area contributed by atoms with Crippen LogP contribution in [0.4, 0.5) is 24.5 Å². The maximum Gasteiger partial charge on any atom is 0.416 e. The monoisotopic (exact) mass is 473 g/mol. The summed E-state index contributed by atoms with van der Waals surface area (Å²) < 4.78 is 37.9. The summed E-state index contributed by atoms with van der Waals surface area (Å²) in [6, 6.07) is 9.17. The van der Waals surface area contributed by atoms with Gasteiger partial charge in [-0.05, 0) is 68.4 Å². The van der Waals surface area contributed by atoms with E-state index in [4.69, 9.17) is 23.2 Å². The van der Waals surface area contributed by atoms with Crippen molar-refractivity contribution in [3.05, 3.63) is 58.1 Å². The second kappa shape index (κ2) is 9.89. The van der Waals surface area contributed by atoms with Crippen LogP contribution in [0.2, 0.25) is 10.0 Å². The SMILES string of the molecule is O=C(CN1CCC(C(=O)Nc2ccc(C(F)(F)F)cc2)CC1)Nc1ccc(Cl)c(Cl)c1. The average molecular weight is 474 g/mol. The zero-order chi connectivity index (χ0) is 22.6. The maximum absolute atomic E-state index is 12.6. The molecule has 3 rings (SSSR count). The number of piperidine rings is 1. The van der Waals surface area contributed by atoms with Crippen LogP contribution < -0.4 is 10.6 Å². The fourth-order valence-corrected chi connectivity index (χ4v) is 3.62. The quantitative estimate of drug-likeness (QED) is 0.619.